The van der Waals surface area contributed by atoms with Gasteiger partial charge in [0.25, 0.3) is 11.5 Å². The molecule has 4 aromatic rings. The van der Waals surface area contributed by atoms with E-state index in [2.05, 4.69) is 22.3 Å². The number of carbonyl (C=O) groups is 1. The van der Waals surface area contributed by atoms with Gasteiger partial charge in [-0.3, -0.25) is 9.59 Å². The summed E-state index contributed by atoms with van der Waals surface area (Å²) in [6.45, 7) is 2.53. The SMILES string of the molecule is CCCCCn1nc(C(=O)NC(c2ccc(F)cc2)c2nccn2C)c2ccccc2c1=O. The molecule has 7 nitrogen and oxygen atoms in total. The standard InChI is InChI=1S/C25H26FN5O2/c1-3-4-7-15-31-25(33)20-9-6-5-8-19(20)22(29-31)24(32)28-21(23-27-14-16-30(23)2)17-10-12-18(26)13-11-17/h5-6,8-14,16,21H,3-4,7,15H2,1-2H3,(H,28,32). The Morgan fingerprint density at radius 3 is 2.48 bits per heavy atom. The zero-order valence-electron chi connectivity index (χ0n) is 18.7. The fraction of sp³-hybridized carbons (Fsp3) is 0.280. The summed E-state index contributed by atoms with van der Waals surface area (Å²) in [4.78, 5) is 30.8. The van der Waals surface area contributed by atoms with Crippen molar-refractivity contribution in [1.82, 2.24) is 24.6 Å². The van der Waals surface area contributed by atoms with Crippen molar-refractivity contribution in [2.24, 2.45) is 7.05 Å². The van der Waals surface area contributed by atoms with Crippen LogP contribution in [0.1, 0.15) is 54.1 Å². The monoisotopic (exact) mass is 447 g/mol. The van der Waals surface area contributed by atoms with E-state index in [1.165, 1.54) is 16.8 Å². The summed E-state index contributed by atoms with van der Waals surface area (Å²) in [7, 11) is 1.83. The van der Waals surface area contributed by atoms with E-state index in [0.29, 0.717) is 28.7 Å². The van der Waals surface area contributed by atoms with Crippen molar-refractivity contribution in [3.8, 4) is 0 Å². The van der Waals surface area contributed by atoms with Crippen molar-refractivity contribution in [3.05, 3.63) is 94.2 Å². The van der Waals surface area contributed by atoms with Crippen LogP contribution in [0.25, 0.3) is 10.8 Å². The highest BCUT2D eigenvalue weighted by Crippen LogP contribution is 2.22. The van der Waals surface area contributed by atoms with Crippen LogP contribution < -0.4 is 10.9 Å². The minimum absolute atomic E-state index is 0.169. The maximum atomic E-state index is 13.5. The average Bonchev–Trinajstić information content (AvgIpc) is 3.25. The molecule has 8 heteroatoms. The molecule has 0 saturated carbocycles. The zero-order valence-corrected chi connectivity index (χ0v) is 18.7. The molecule has 2 heterocycles. The molecule has 0 aliphatic rings. The topological polar surface area (TPSA) is 81.8 Å². The van der Waals surface area contributed by atoms with Gasteiger partial charge in [-0.25, -0.2) is 14.1 Å². The van der Waals surface area contributed by atoms with Gasteiger partial charge < -0.3 is 9.88 Å². The van der Waals surface area contributed by atoms with Gasteiger partial charge in [-0.15, -0.1) is 0 Å². The van der Waals surface area contributed by atoms with Gasteiger partial charge in [0.2, 0.25) is 0 Å². The number of imidazole rings is 1. The minimum atomic E-state index is -0.626. The molecule has 0 spiro atoms. The molecule has 0 fully saturated rings. The smallest absolute Gasteiger partial charge is 0.274 e. The number of nitrogens with zero attached hydrogens (tertiary/aromatic N) is 4. The van der Waals surface area contributed by atoms with Gasteiger partial charge in [-0.2, -0.15) is 5.10 Å². The quantitative estimate of drug-likeness (QED) is 0.414. The lowest BCUT2D eigenvalue weighted by atomic mass is 10.0. The molecular formula is C25H26FN5O2. The van der Waals surface area contributed by atoms with Gasteiger partial charge in [0.1, 0.15) is 17.7 Å². The van der Waals surface area contributed by atoms with Gasteiger partial charge in [0, 0.05) is 31.4 Å². The Hall–Kier alpha value is -3.81. The zero-order chi connectivity index (χ0) is 23.4. The number of hydrogen-bond acceptors (Lipinski definition) is 4. The summed E-state index contributed by atoms with van der Waals surface area (Å²) < 4.78 is 16.7. The van der Waals surface area contributed by atoms with E-state index in [-0.39, 0.29) is 17.1 Å². The fourth-order valence-electron chi connectivity index (χ4n) is 3.87. The van der Waals surface area contributed by atoms with Crippen LogP contribution in [-0.4, -0.2) is 25.2 Å². The molecule has 170 valence electrons. The number of amides is 1. The molecule has 1 N–H and O–H groups in total. The van der Waals surface area contributed by atoms with Crippen LogP contribution in [0.4, 0.5) is 4.39 Å². The van der Waals surface area contributed by atoms with Gasteiger partial charge in [0.15, 0.2) is 5.69 Å². The summed E-state index contributed by atoms with van der Waals surface area (Å²) >= 11 is 0. The number of rotatable bonds is 8. The first-order chi connectivity index (χ1) is 16.0. The van der Waals surface area contributed by atoms with E-state index in [0.717, 1.165) is 19.3 Å². The van der Waals surface area contributed by atoms with E-state index >= 15 is 0 Å². The molecular weight excluding hydrogens is 421 g/mol. The first-order valence-electron chi connectivity index (χ1n) is 11.0. The second-order valence-corrected chi connectivity index (χ2v) is 7.98. The van der Waals surface area contributed by atoms with Crippen molar-refractivity contribution in [2.45, 2.75) is 38.8 Å². The molecule has 0 saturated heterocycles. The third kappa shape index (κ3) is 4.69. The largest absolute Gasteiger partial charge is 0.337 e. The van der Waals surface area contributed by atoms with Crippen LogP contribution in [0, 0.1) is 5.82 Å². The Morgan fingerprint density at radius 1 is 1.09 bits per heavy atom. The van der Waals surface area contributed by atoms with E-state index in [9.17, 15) is 14.0 Å². The summed E-state index contributed by atoms with van der Waals surface area (Å²) in [6.07, 6.45) is 6.19. The van der Waals surface area contributed by atoms with Crippen molar-refractivity contribution in [1.29, 1.82) is 0 Å². The molecule has 33 heavy (non-hydrogen) atoms. The van der Waals surface area contributed by atoms with Crippen molar-refractivity contribution in [3.63, 3.8) is 0 Å². The predicted octanol–water partition coefficient (Wildman–Crippen LogP) is 3.98. The Morgan fingerprint density at radius 2 is 1.82 bits per heavy atom. The van der Waals surface area contributed by atoms with Crippen molar-refractivity contribution in [2.75, 3.05) is 0 Å². The predicted molar refractivity (Wildman–Crippen MR) is 124 cm³/mol. The van der Waals surface area contributed by atoms with E-state index in [4.69, 9.17) is 0 Å². The Kier molecular flexibility index (Phi) is 6.63. The molecule has 0 bridgehead atoms. The normalized spacial score (nSPS) is 12.1. The number of aryl methyl sites for hydroxylation is 2. The number of aromatic nitrogens is 4. The molecule has 0 aliphatic heterocycles. The second kappa shape index (κ2) is 9.77. The van der Waals surface area contributed by atoms with Gasteiger partial charge in [0.05, 0.1) is 5.39 Å². The number of hydrogen-bond donors (Lipinski definition) is 1. The van der Waals surface area contributed by atoms with Crippen LogP contribution >= 0.6 is 0 Å². The van der Waals surface area contributed by atoms with Gasteiger partial charge in [-0.05, 0) is 30.2 Å². The third-order valence-electron chi connectivity index (χ3n) is 5.65. The molecule has 4 rings (SSSR count). The van der Waals surface area contributed by atoms with Crippen molar-refractivity contribution >= 4 is 16.7 Å². The number of nitrogens with one attached hydrogen (secondary N) is 1. The van der Waals surface area contributed by atoms with E-state index < -0.39 is 11.9 Å². The first-order valence-corrected chi connectivity index (χ1v) is 11.0. The third-order valence-corrected chi connectivity index (χ3v) is 5.65. The van der Waals surface area contributed by atoms with Crippen molar-refractivity contribution < 1.29 is 9.18 Å². The maximum absolute atomic E-state index is 13.5. The number of halogens is 1. The Labute approximate surface area is 190 Å². The summed E-state index contributed by atoms with van der Waals surface area (Å²) in [5.41, 5.74) is 0.639. The molecule has 2 aromatic carbocycles. The van der Waals surface area contributed by atoms with Gasteiger partial charge in [-0.1, -0.05) is 50.1 Å². The first kappa shape index (κ1) is 22.4. The number of unbranched alkanes of at least 4 members (excludes halogenated alkanes) is 2. The van der Waals surface area contributed by atoms with Crippen LogP contribution in [0.15, 0.2) is 65.7 Å². The van der Waals surface area contributed by atoms with Crippen LogP contribution in [0.3, 0.4) is 0 Å². The van der Waals surface area contributed by atoms with Crippen LogP contribution in [-0.2, 0) is 13.6 Å². The molecule has 2 aromatic heterocycles. The Bertz CT molecular complexity index is 1330. The highest BCUT2D eigenvalue weighted by Gasteiger charge is 2.24. The maximum Gasteiger partial charge on any atom is 0.274 e. The lowest BCUT2D eigenvalue weighted by Gasteiger charge is -2.20. The van der Waals surface area contributed by atoms with E-state index in [1.807, 2.05) is 7.05 Å². The lowest BCUT2D eigenvalue weighted by molar-refractivity contribution is 0.0935. The van der Waals surface area contributed by atoms with E-state index in [1.54, 1.807) is 53.4 Å². The fourth-order valence-corrected chi connectivity index (χ4v) is 3.87. The van der Waals surface area contributed by atoms with Crippen LogP contribution in [0.2, 0.25) is 0 Å². The molecule has 0 aliphatic carbocycles. The van der Waals surface area contributed by atoms with Crippen LogP contribution in [0.5, 0.6) is 0 Å². The molecule has 1 unspecified atom stereocenters. The molecule has 1 amide bonds. The highest BCUT2D eigenvalue weighted by atomic mass is 19.1. The highest BCUT2D eigenvalue weighted by molar-refractivity contribution is 6.05. The summed E-state index contributed by atoms with van der Waals surface area (Å²) in [6, 6.07) is 12.3. The number of benzene rings is 2. The summed E-state index contributed by atoms with van der Waals surface area (Å²) in [5, 5.41) is 8.38. The Balaban J connectivity index is 1.76. The molecule has 1 atom stereocenters. The number of carbonyl (C=O) groups excluding carboxylic acids is 1. The second-order valence-electron chi connectivity index (χ2n) is 7.98. The minimum Gasteiger partial charge on any atom is -0.337 e. The summed E-state index contributed by atoms with van der Waals surface area (Å²) in [5.74, 6) is -0.209. The average molecular weight is 448 g/mol. The number of fused-ring (bicyclic) bond motifs is 1. The molecule has 0 radical (unpaired) electrons. The van der Waals surface area contributed by atoms with Gasteiger partial charge >= 0.3 is 0 Å². The lowest BCUT2D eigenvalue weighted by Crippen LogP contribution is -2.34.